The molecule has 122 valence electrons. The number of aromatic nitrogens is 3. The number of pyridine rings is 1. The highest BCUT2D eigenvalue weighted by atomic mass is 16.2. The number of likely N-dealkylation sites (tertiary alicyclic amines) is 1. The third-order valence-corrected chi connectivity index (χ3v) is 4.37. The van der Waals surface area contributed by atoms with Crippen molar-refractivity contribution in [2.75, 3.05) is 32.1 Å². The number of anilines is 1. The normalized spacial score (nSPS) is 17.5. The molecule has 6 nitrogen and oxygen atoms in total. The molecule has 1 fully saturated rings. The molecule has 2 aromatic heterocycles. The van der Waals surface area contributed by atoms with Crippen LogP contribution < -0.4 is 4.90 Å². The Balaban J connectivity index is 1.68. The van der Waals surface area contributed by atoms with Gasteiger partial charge in [0.25, 0.3) is 5.91 Å². The summed E-state index contributed by atoms with van der Waals surface area (Å²) in [6.07, 6.45) is 9.38. The van der Waals surface area contributed by atoms with Crippen LogP contribution in [-0.2, 0) is 13.5 Å². The Morgan fingerprint density at radius 3 is 2.91 bits per heavy atom. The van der Waals surface area contributed by atoms with Crippen LogP contribution in [0.5, 0.6) is 0 Å². The van der Waals surface area contributed by atoms with Crippen LogP contribution in [0.4, 0.5) is 5.69 Å². The summed E-state index contributed by atoms with van der Waals surface area (Å²) >= 11 is 0. The first-order chi connectivity index (χ1) is 11.0. The molecule has 0 aliphatic carbocycles. The van der Waals surface area contributed by atoms with Gasteiger partial charge in [-0.05, 0) is 30.4 Å². The fourth-order valence-electron chi connectivity index (χ4n) is 3.21. The molecule has 0 saturated carbocycles. The summed E-state index contributed by atoms with van der Waals surface area (Å²) < 4.78 is 1.83. The van der Waals surface area contributed by atoms with Gasteiger partial charge < -0.3 is 9.80 Å². The summed E-state index contributed by atoms with van der Waals surface area (Å²) in [5.41, 5.74) is 2.84. The highest BCUT2D eigenvalue weighted by Crippen LogP contribution is 2.25. The van der Waals surface area contributed by atoms with E-state index >= 15 is 0 Å². The van der Waals surface area contributed by atoms with Crippen LogP contribution in [0.3, 0.4) is 0 Å². The molecule has 1 unspecified atom stereocenters. The minimum Gasteiger partial charge on any atom is -0.377 e. The fourth-order valence-corrected chi connectivity index (χ4v) is 3.21. The first-order valence-corrected chi connectivity index (χ1v) is 7.92. The molecule has 3 rings (SSSR count). The molecule has 0 radical (unpaired) electrons. The number of hydrogen-bond donors (Lipinski definition) is 0. The van der Waals surface area contributed by atoms with E-state index in [9.17, 15) is 4.79 Å². The van der Waals surface area contributed by atoms with Crippen LogP contribution >= 0.6 is 0 Å². The van der Waals surface area contributed by atoms with E-state index in [1.165, 1.54) is 5.56 Å². The van der Waals surface area contributed by atoms with Crippen molar-refractivity contribution in [1.29, 1.82) is 0 Å². The molecule has 0 aromatic carbocycles. The standard InChI is InChI=1S/C17H23N5O/c1-20(2)16-4-6-18-10-15(16)17(23)22-7-5-13(12-22)8-14-9-19-21(3)11-14/h4,6,9-11,13H,5,7-8,12H2,1-3H3. The van der Waals surface area contributed by atoms with E-state index in [-0.39, 0.29) is 5.91 Å². The Kier molecular flexibility index (Phi) is 4.32. The average molecular weight is 313 g/mol. The van der Waals surface area contributed by atoms with Gasteiger partial charge in [0.05, 0.1) is 17.4 Å². The van der Waals surface area contributed by atoms with E-state index in [4.69, 9.17) is 0 Å². The number of hydrogen-bond acceptors (Lipinski definition) is 4. The topological polar surface area (TPSA) is 54.3 Å². The smallest absolute Gasteiger partial charge is 0.257 e. The van der Waals surface area contributed by atoms with Crippen LogP contribution in [-0.4, -0.2) is 52.8 Å². The van der Waals surface area contributed by atoms with E-state index in [1.54, 1.807) is 12.4 Å². The monoisotopic (exact) mass is 313 g/mol. The molecular formula is C17H23N5O. The van der Waals surface area contributed by atoms with Gasteiger partial charge in [0.1, 0.15) is 0 Å². The van der Waals surface area contributed by atoms with Crippen molar-refractivity contribution < 1.29 is 4.79 Å². The molecule has 1 saturated heterocycles. The van der Waals surface area contributed by atoms with Crippen LogP contribution in [0.25, 0.3) is 0 Å². The fraction of sp³-hybridized carbons (Fsp3) is 0.471. The predicted octanol–water partition coefficient (Wildman–Crippen LogP) is 1.59. The highest BCUT2D eigenvalue weighted by molar-refractivity contribution is 5.99. The van der Waals surface area contributed by atoms with Crippen molar-refractivity contribution >= 4 is 11.6 Å². The van der Waals surface area contributed by atoms with Crippen molar-refractivity contribution in [1.82, 2.24) is 19.7 Å². The van der Waals surface area contributed by atoms with Gasteiger partial charge in [-0.15, -0.1) is 0 Å². The first-order valence-electron chi connectivity index (χ1n) is 7.92. The quantitative estimate of drug-likeness (QED) is 0.860. The molecular weight excluding hydrogens is 290 g/mol. The Morgan fingerprint density at radius 2 is 2.22 bits per heavy atom. The summed E-state index contributed by atoms with van der Waals surface area (Å²) in [5, 5.41) is 4.21. The number of aryl methyl sites for hydroxylation is 1. The second-order valence-corrected chi connectivity index (χ2v) is 6.42. The van der Waals surface area contributed by atoms with Crippen LogP contribution in [0.15, 0.2) is 30.9 Å². The van der Waals surface area contributed by atoms with Gasteiger partial charge in [0.2, 0.25) is 0 Å². The van der Waals surface area contributed by atoms with Crippen molar-refractivity contribution in [3.8, 4) is 0 Å². The van der Waals surface area contributed by atoms with E-state index in [1.807, 2.05) is 47.9 Å². The van der Waals surface area contributed by atoms with Crippen molar-refractivity contribution in [3.05, 3.63) is 42.0 Å². The molecule has 23 heavy (non-hydrogen) atoms. The van der Waals surface area contributed by atoms with Gasteiger partial charge >= 0.3 is 0 Å². The maximum atomic E-state index is 12.8. The second-order valence-electron chi connectivity index (χ2n) is 6.42. The van der Waals surface area contributed by atoms with Crippen molar-refractivity contribution in [3.63, 3.8) is 0 Å². The van der Waals surface area contributed by atoms with Gasteiger partial charge in [-0.2, -0.15) is 5.10 Å². The molecule has 0 spiro atoms. The molecule has 1 aliphatic heterocycles. The molecule has 6 heteroatoms. The SMILES string of the molecule is CN(C)c1ccncc1C(=O)N1CCC(Cc2cnn(C)c2)C1. The summed E-state index contributed by atoms with van der Waals surface area (Å²) in [4.78, 5) is 20.8. The second kappa shape index (κ2) is 6.40. The molecule has 1 amide bonds. The zero-order chi connectivity index (χ0) is 16.4. The summed E-state index contributed by atoms with van der Waals surface area (Å²) in [6.45, 7) is 1.61. The number of nitrogens with zero attached hydrogens (tertiary/aromatic N) is 5. The molecule has 1 aliphatic rings. The minimum absolute atomic E-state index is 0.0792. The van der Waals surface area contributed by atoms with E-state index in [2.05, 4.69) is 16.3 Å². The first kappa shape index (κ1) is 15.5. The van der Waals surface area contributed by atoms with E-state index < -0.39 is 0 Å². The summed E-state index contributed by atoms with van der Waals surface area (Å²) in [7, 11) is 5.82. The van der Waals surface area contributed by atoms with Crippen LogP contribution in [0.2, 0.25) is 0 Å². The summed E-state index contributed by atoms with van der Waals surface area (Å²) in [5.74, 6) is 0.582. The number of carbonyl (C=O) groups is 1. The zero-order valence-corrected chi connectivity index (χ0v) is 13.9. The van der Waals surface area contributed by atoms with E-state index in [0.717, 1.165) is 31.6 Å². The Labute approximate surface area is 136 Å². The van der Waals surface area contributed by atoms with Crippen molar-refractivity contribution in [2.24, 2.45) is 13.0 Å². The van der Waals surface area contributed by atoms with Crippen LogP contribution in [0, 0.1) is 5.92 Å². The lowest BCUT2D eigenvalue weighted by Gasteiger charge is -2.21. The highest BCUT2D eigenvalue weighted by Gasteiger charge is 2.28. The molecule has 0 N–H and O–H groups in total. The lowest BCUT2D eigenvalue weighted by Crippen LogP contribution is -2.30. The molecule has 0 bridgehead atoms. The third kappa shape index (κ3) is 3.36. The number of rotatable bonds is 4. The van der Waals surface area contributed by atoms with Gasteiger partial charge in [-0.3, -0.25) is 14.5 Å². The zero-order valence-electron chi connectivity index (χ0n) is 13.9. The number of carbonyl (C=O) groups excluding carboxylic acids is 1. The number of amides is 1. The molecule has 3 heterocycles. The average Bonchev–Trinajstić information content (AvgIpc) is 3.16. The van der Waals surface area contributed by atoms with Gasteiger partial charge in [0.15, 0.2) is 0 Å². The lowest BCUT2D eigenvalue weighted by atomic mass is 10.0. The maximum Gasteiger partial charge on any atom is 0.257 e. The van der Waals surface area contributed by atoms with Crippen LogP contribution in [0.1, 0.15) is 22.3 Å². The Morgan fingerprint density at radius 1 is 1.39 bits per heavy atom. The summed E-state index contributed by atoms with van der Waals surface area (Å²) in [6, 6.07) is 1.89. The third-order valence-electron chi connectivity index (χ3n) is 4.37. The van der Waals surface area contributed by atoms with Gasteiger partial charge in [0, 0.05) is 52.8 Å². The maximum absolute atomic E-state index is 12.8. The Bertz CT molecular complexity index is 694. The predicted molar refractivity (Wildman–Crippen MR) is 89.5 cm³/mol. The van der Waals surface area contributed by atoms with E-state index in [0.29, 0.717) is 11.5 Å². The lowest BCUT2D eigenvalue weighted by molar-refractivity contribution is 0.0787. The van der Waals surface area contributed by atoms with Crippen molar-refractivity contribution in [2.45, 2.75) is 12.8 Å². The minimum atomic E-state index is 0.0792. The van der Waals surface area contributed by atoms with Gasteiger partial charge in [-0.1, -0.05) is 0 Å². The van der Waals surface area contributed by atoms with Gasteiger partial charge in [-0.25, -0.2) is 0 Å². The molecule has 1 atom stereocenters. The molecule has 2 aromatic rings. The Hall–Kier alpha value is -2.37. The largest absolute Gasteiger partial charge is 0.377 e.